The van der Waals surface area contributed by atoms with E-state index >= 15 is 0 Å². The SMILES string of the molecule is CCN(CC)CCN1C(=O)C(=O)/C(=C(\O)c2ccc(C)cc2)C1c1ccc(C)o1. The average molecular weight is 396 g/mol. The first-order valence-electron chi connectivity index (χ1n) is 10.0. The maximum atomic E-state index is 12.9. The summed E-state index contributed by atoms with van der Waals surface area (Å²) in [6.45, 7) is 10.6. The van der Waals surface area contributed by atoms with E-state index in [1.165, 1.54) is 4.90 Å². The Balaban J connectivity index is 2.06. The monoisotopic (exact) mass is 396 g/mol. The van der Waals surface area contributed by atoms with Crippen molar-refractivity contribution in [1.29, 1.82) is 0 Å². The number of nitrogens with zero attached hydrogens (tertiary/aromatic N) is 2. The van der Waals surface area contributed by atoms with E-state index in [9.17, 15) is 14.7 Å². The van der Waals surface area contributed by atoms with Crippen molar-refractivity contribution in [3.8, 4) is 0 Å². The topological polar surface area (TPSA) is 74.0 Å². The lowest BCUT2D eigenvalue weighted by atomic mass is 9.99. The molecular weight excluding hydrogens is 368 g/mol. The van der Waals surface area contributed by atoms with Gasteiger partial charge in [-0.2, -0.15) is 0 Å². The third-order valence-electron chi connectivity index (χ3n) is 5.45. The van der Waals surface area contributed by atoms with Gasteiger partial charge in [0.05, 0.1) is 5.57 Å². The molecule has 2 heterocycles. The third kappa shape index (κ3) is 4.12. The molecule has 29 heavy (non-hydrogen) atoms. The van der Waals surface area contributed by atoms with Crippen molar-refractivity contribution in [2.45, 2.75) is 33.7 Å². The molecule has 6 heteroatoms. The first-order chi connectivity index (χ1) is 13.9. The van der Waals surface area contributed by atoms with Crippen LogP contribution in [0.1, 0.15) is 42.5 Å². The van der Waals surface area contributed by atoms with E-state index in [0.717, 1.165) is 18.7 Å². The number of Topliss-reactive ketones (excluding diaryl/α,β-unsaturated/α-hetero) is 1. The predicted molar refractivity (Wildman–Crippen MR) is 111 cm³/mol. The summed E-state index contributed by atoms with van der Waals surface area (Å²) in [7, 11) is 0. The maximum absolute atomic E-state index is 12.9. The minimum atomic E-state index is -0.736. The molecule has 1 fully saturated rings. The standard InChI is InChI=1S/C23H28N2O4/c1-5-24(6-2)13-14-25-20(18-12-9-16(4)29-18)19(22(27)23(25)28)21(26)17-10-7-15(3)8-11-17/h7-12,20,26H,5-6,13-14H2,1-4H3/b21-19-. The van der Waals surface area contributed by atoms with Gasteiger partial charge in [0, 0.05) is 18.7 Å². The van der Waals surface area contributed by atoms with Crippen LogP contribution in [0.4, 0.5) is 0 Å². The van der Waals surface area contributed by atoms with Crippen molar-refractivity contribution in [2.24, 2.45) is 0 Å². The lowest BCUT2D eigenvalue weighted by molar-refractivity contribution is -0.140. The van der Waals surface area contributed by atoms with E-state index in [2.05, 4.69) is 18.7 Å². The summed E-state index contributed by atoms with van der Waals surface area (Å²) in [5.74, 6) is -0.293. The molecule has 1 atom stereocenters. The molecule has 1 aromatic heterocycles. The number of likely N-dealkylation sites (N-methyl/N-ethyl adjacent to an activating group) is 1. The zero-order valence-corrected chi connectivity index (χ0v) is 17.4. The summed E-state index contributed by atoms with van der Waals surface area (Å²) >= 11 is 0. The molecule has 0 radical (unpaired) electrons. The van der Waals surface area contributed by atoms with Crippen LogP contribution in [0.2, 0.25) is 0 Å². The molecule has 0 spiro atoms. The average Bonchev–Trinajstić information content (AvgIpc) is 3.24. The van der Waals surface area contributed by atoms with Crippen molar-refractivity contribution in [3.63, 3.8) is 0 Å². The lowest BCUT2D eigenvalue weighted by Crippen LogP contribution is -2.37. The first-order valence-corrected chi connectivity index (χ1v) is 10.0. The summed E-state index contributed by atoms with van der Waals surface area (Å²) in [5, 5.41) is 11.0. The number of furan rings is 1. The van der Waals surface area contributed by atoms with Gasteiger partial charge >= 0.3 is 0 Å². The van der Waals surface area contributed by atoms with Gasteiger partial charge in [-0.25, -0.2) is 0 Å². The van der Waals surface area contributed by atoms with Crippen LogP contribution >= 0.6 is 0 Å². The number of benzene rings is 1. The fourth-order valence-corrected chi connectivity index (χ4v) is 3.66. The molecule has 1 aliphatic rings. The van der Waals surface area contributed by atoms with Crippen LogP contribution < -0.4 is 0 Å². The number of ketones is 1. The van der Waals surface area contributed by atoms with E-state index in [0.29, 0.717) is 30.2 Å². The Labute approximate surface area is 171 Å². The number of aliphatic hydroxyl groups excluding tert-OH is 1. The van der Waals surface area contributed by atoms with E-state index in [-0.39, 0.29) is 11.3 Å². The zero-order chi connectivity index (χ0) is 21.1. The maximum Gasteiger partial charge on any atom is 0.295 e. The summed E-state index contributed by atoms with van der Waals surface area (Å²) in [5.41, 5.74) is 1.62. The molecule has 1 unspecified atom stereocenters. The van der Waals surface area contributed by atoms with Gasteiger partial charge in [-0.3, -0.25) is 9.59 Å². The second-order valence-corrected chi connectivity index (χ2v) is 7.33. The molecule has 1 saturated heterocycles. The molecule has 2 aromatic rings. The normalized spacial score (nSPS) is 18.8. The van der Waals surface area contributed by atoms with Gasteiger partial charge < -0.3 is 19.3 Å². The Kier molecular flexibility index (Phi) is 6.23. The molecule has 154 valence electrons. The number of hydrogen-bond acceptors (Lipinski definition) is 5. The highest BCUT2D eigenvalue weighted by atomic mass is 16.3. The molecule has 1 amide bonds. The smallest absolute Gasteiger partial charge is 0.295 e. The molecule has 6 nitrogen and oxygen atoms in total. The van der Waals surface area contributed by atoms with Crippen molar-refractivity contribution in [1.82, 2.24) is 9.80 Å². The van der Waals surface area contributed by atoms with Crippen molar-refractivity contribution in [2.75, 3.05) is 26.2 Å². The number of likely N-dealkylation sites (tertiary alicyclic amines) is 1. The van der Waals surface area contributed by atoms with Crippen LogP contribution in [0.25, 0.3) is 5.76 Å². The molecule has 1 N–H and O–H groups in total. The van der Waals surface area contributed by atoms with Crippen molar-refractivity contribution in [3.05, 3.63) is 64.6 Å². The van der Waals surface area contributed by atoms with E-state index in [1.807, 2.05) is 26.0 Å². The fraction of sp³-hybridized carbons (Fsp3) is 0.391. The van der Waals surface area contributed by atoms with Crippen LogP contribution in [-0.4, -0.2) is 52.8 Å². The molecule has 3 rings (SSSR count). The van der Waals surface area contributed by atoms with Gasteiger partial charge in [0.2, 0.25) is 0 Å². The minimum absolute atomic E-state index is 0.0766. The van der Waals surface area contributed by atoms with Crippen LogP contribution in [0, 0.1) is 13.8 Å². The third-order valence-corrected chi connectivity index (χ3v) is 5.45. The summed E-state index contributed by atoms with van der Waals surface area (Å²) < 4.78 is 5.78. The molecule has 0 saturated carbocycles. The Morgan fingerprint density at radius 2 is 1.72 bits per heavy atom. The van der Waals surface area contributed by atoms with Crippen LogP contribution in [0.15, 0.2) is 46.4 Å². The first kappa shape index (κ1) is 20.9. The second kappa shape index (κ2) is 8.66. The molecular formula is C23H28N2O4. The number of hydrogen-bond donors (Lipinski definition) is 1. The number of carbonyl (C=O) groups is 2. The summed E-state index contributed by atoms with van der Waals surface area (Å²) in [4.78, 5) is 29.5. The number of aryl methyl sites for hydroxylation is 2. The minimum Gasteiger partial charge on any atom is -0.507 e. The second-order valence-electron chi connectivity index (χ2n) is 7.33. The van der Waals surface area contributed by atoms with Crippen molar-refractivity contribution < 1.29 is 19.1 Å². The largest absolute Gasteiger partial charge is 0.507 e. The van der Waals surface area contributed by atoms with Crippen molar-refractivity contribution >= 4 is 17.4 Å². The van der Waals surface area contributed by atoms with Gasteiger partial charge in [0.15, 0.2) is 0 Å². The number of amides is 1. The van der Waals surface area contributed by atoms with Gasteiger partial charge in [-0.05, 0) is 39.1 Å². The van der Waals surface area contributed by atoms with Crippen LogP contribution in [0.3, 0.4) is 0 Å². The highest BCUT2D eigenvalue weighted by Gasteiger charge is 2.47. The van der Waals surface area contributed by atoms with E-state index < -0.39 is 17.7 Å². The van der Waals surface area contributed by atoms with E-state index in [1.54, 1.807) is 24.3 Å². The highest BCUT2D eigenvalue weighted by molar-refractivity contribution is 6.46. The molecule has 0 bridgehead atoms. The number of carbonyl (C=O) groups excluding carboxylic acids is 2. The highest BCUT2D eigenvalue weighted by Crippen LogP contribution is 2.39. The lowest BCUT2D eigenvalue weighted by Gasteiger charge is -2.26. The summed E-state index contributed by atoms with van der Waals surface area (Å²) in [6, 6.07) is 10.0. The quantitative estimate of drug-likeness (QED) is 0.439. The van der Waals surface area contributed by atoms with E-state index in [4.69, 9.17) is 4.42 Å². The number of aliphatic hydroxyl groups is 1. The molecule has 1 aromatic carbocycles. The Morgan fingerprint density at radius 3 is 2.28 bits per heavy atom. The number of rotatable bonds is 7. The molecule has 1 aliphatic heterocycles. The van der Waals surface area contributed by atoms with Gasteiger partial charge in [-0.1, -0.05) is 43.7 Å². The van der Waals surface area contributed by atoms with Gasteiger partial charge in [0.1, 0.15) is 23.3 Å². The molecule has 0 aliphatic carbocycles. The fourth-order valence-electron chi connectivity index (χ4n) is 3.66. The predicted octanol–water partition coefficient (Wildman–Crippen LogP) is 3.66. The van der Waals surface area contributed by atoms with Crippen LogP contribution in [-0.2, 0) is 9.59 Å². The van der Waals surface area contributed by atoms with Gasteiger partial charge in [-0.15, -0.1) is 0 Å². The van der Waals surface area contributed by atoms with Gasteiger partial charge in [0.25, 0.3) is 11.7 Å². The van der Waals surface area contributed by atoms with Crippen LogP contribution in [0.5, 0.6) is 0 Å². The Bertz CT molecular complexity index is 923. The Hall–Kier alpha value is -2.86. The Morgan fingerprint density at radius 1 is 1.07 bits per heavy atom. The summed E-state index contributed by atoms with van der Waals surface area (Å²) in [6.07, 6.45) is 0. The zero-order valence-electron chi connectivity index (χ0n) is 17.4.